The summed E-state index contributed by atoms with van der Waals surface area (Å²) in [6, 6.07) is 3.18. The number of rotatable bonds is 1. The number of hydrogen-bond acceptors (Lipinski definition) is 4. The van der Waals surface area contributed by atoms with Crippen molar-refractivity contribution >= 4 is 23.3 Å². The van der Waals surface area contributed by atoms with Crippen molar-refractivity contribution in [1.82, 2.24) is 0 Å². The number of carbonyl (C=O) groups excluding carboxylic acids is 1. The Kier molecular flexibility index (Phi) is 2.22. The zero-order valence-corrected chi connectivity index (χ0v) is 6.13. The third-order valence-electron chi connectivity index (χ3n) is 0.863. The molecule has 58 valence electrons. The van der Waals surface area contributed by atoms with E-state index >= 15 is 0 Å². The third-order valence-corrected chi connectivity index (χ3v) is 1.61. The normalized spacial score (nSPS) is 9.09. The number of thiophene rings is 1. The highest BCUT2D eigenvalue weighted by Gasteiger charge is 2.13. The lowest BCUT2D eigenvalue weighted by Crippen LogP contribution is -2.18. The molecule has 0 bridgehead atoms. The van der Waals surface area contributed by atoms with Gasteiger partial charge in [-0.2, -0.15) is 0 Å². The van der Waals surface area contributed by atoms with Crippen molar-refractivity contribution in [3.8, 4) is 5.06 Å². The molecular formula is C6H4O4S. The van der Waals surface area contributed by atoms with Gasteiger partial charge in [-0.05, 0) is 17.5 Å². The fourth-order valence-corrected chi connectivity index (χ4v) is 1.03. The first-order chi connectivity index (χ1) is 5.20. The van der Waals surface area contributed by atoms with Crippen LogP contribution in [0.3, 0.4) is 0 Å². The summed E-state index contributed by atoms with van der Waals surface area (Å²) in [5, 5.41) is 10.1. The minimum Gasteiger partial charge on any atom is -0.473 e. The van der Waals surface area contributed by atoms with Crippen molar-refractivity contribution in [2.24, 2.45) is 0 Å². The van der Waals surface area contributed by atoms with E-state index < -0.39 is 11.9 Å². The molecule has 0 amide bonds. The largest absolute Gasteiger partial charge is 0.473 e. The minimum atomic E-state index is -1.58. The van der Waals surface area contributed by atoms with E-state index in [1.54, 1.807) is 11.4 Å². The van der Waals surface area contributed by atoms with Gasteiger partial charge in [0.1, 0.15) is 0 Å². The maximum atomic E-state index is 10.4. The molecule has 0 atom stereocenters. The molecule has 5 heteroatoms. The fraction of sp³-hybridized carbons (Fsp3) is 0. The van der Waals surface area contributed by atoms with Gasteiger partial charge in [-0.15, -0.1) is 11.3 Å². The number of aliphatic carboxylic acids is 1. The predicted octanol–water partition coefficient (Wildman–Crippen LogP) is 0.738. The Morgan fingerprint density at radius 1 is 1.55 bits per heavy atom. The maximum Gasteiger partial charge on any atom is 0.423 e. The Bertz CT molecular complexity index is 264. The SMILES string of the molecule is O=C(O)C(=O)Oc1cccs1. The smallest absolute Gasteiger partial charge is 0.423 e. The molecule has 1 aromatic rings. The van der Waals surface area contributed by atoms with Crippen LogP contribution in [0.1, 0.15) is 0 Å². The molecule has 0 unspecified atom stereocenters. The molecule has 0 saturated heterocycles. The van der Waals surface area contributed by atoms with E-state index in [1.807, 2.05) is 0 Å². The summed E-state index contributed by atoms with van der Waals surface area (Å²) in [4.78, 5) is 20.4. The first-order valence-electron chi connectivity index (χ1n) is 2.69. The highest BCUT2D eigenvalue weighted by molar-refractivity contribution is 7.11. The average Bonchev–Trinajstić information content (AvgIpc) is 2.39. The quantitative estimate of drug-likeness (QED) is 0.501. The van der Waals surface area contributed by atoms with Crippen LogP contribution in [0.25, 0.3) is 0 Å². The molecule has 0 spiro atoms. The molecule has 1 heterocycles. The lowest BCUT2D eigenvalue weighted by molar-refractivity contribution is -0.157. The van der Waals surface area contributed by atoms with E-state index in [0.29, 0.717) is 0 Å². The van der Waals surface area contributed by atoms with E-state index in [-0.39, 0.29) is 5.06 Å². The Labute approximate surface area is 66.0 Å². The Morgan fingerprint density at radius 2 is 2.27 bits per heavy atom. The van der Waals surface area contributed by atoms with Gasteiger partial charge in [0.2, 0.25) is 0 Å². The van der Waals surface area contributed by atoms with E-state index in [0.717, 1.165) is 11.3 Å². The van der Waals surface area contributed by atoms with Gasteiger partial charge in [0.05, 0.1) is 0 Å². The van der Waals surface area contributed by atoms with Crippen LogP contribution in [0.5, 0.6) is 5.06 Å². The lowest BCUT2D eigenvalue weighted by Gasteiger charge is -1.93. The third kappa shape index (κ3) is 2.05. The number of carboxylic acids is 1. The summed E-state index contributed by atoms with van der Waals surface area (Å²) in [6.45, 7) is 0. The Morgan fingerprint density at radius 3 is 2.73 bits per heavy atom. The van der Waals surface area contributed by atoms with Crippen LogP contribution in [0, 0.1) is 0 Å². The van der Waals surface area contributed by atoms with E-state index in [4.69, 9.17) is 5.11 Å². The minimum absolute atomic E-state index is 0.289. The average molecular weight is 172 g/mol. The van der Waals surface area contributed by atoms with Gasteiger partial charge in [0.25, 0.3) is 0 Å². The molecule has 4 nitrogen and oxygen atoms in total. The topological polar surface area (TPSA) is 63.6 Å². The van der Waals surface area contributed by atoms with Crippen LogP contribution in [0.15, 0.2) is 17.5 Å². The van der Waals surface area contributed by atoms with Crippen molar-refractivity contribution in [1.29, 1.82) is 0 Å². The van der Waals surface area contributed by atoms with E-state index in [2.05, 4.69) is 4.74 Å². The molecule has 1 rings (SSSR count). The summed E-state index contributed by atoms with van der Waals surface area (Å²) in [6.07, 6.45) is 0. The van der Waals surface area contributed by atoms with Gasteiger partial charge < -0.3 is 9.84 Å². The van der Waals surface area contributed by atoms with Crippen LogP contribution in [-0.4, -0.2) is 17.0 Å². The van der Waals surface area contributed by atoms with Crippen molar-refractivity contribution in [2.45, 2.75) is 0 Å². The molecule has 0 aliphatic carbocycles. The molecule has 0 aliphatic heterocycles. The van der Waals surface area contributed by atoms with Gasteiger partial charge >= 0.3 is 11.9 Å². The van der Waals surface area contributed by atoms with Gasteiger partial charge in [-0.25, -0.2) is 9.59 Å². The lowest BCUT2D eigenvalue weighted by atomic mass is 10.6. The summed E-state index contributed by atoms with van der Waals surface area (Å²) >= 11 is 1.16. The number of hydrogen-bond donors (Lipinski definition) is 1. The highest BCUT2D eigenvalue weighted by Crippen LogP contribution is 2.17. The Balaban J connectivity index is 2.57. The molecule has 11 heavy (non-hydrogen) atoms. The zero-order valence-electron chi connectivity index (χ0n) is 5.31. The van der Waals surface area contributed by atoms with Gasteiger partial charge in [-0.3, -0.25) is 0 Å². The number of ether oxygens (including phenoxy) is 1. The monoisotopic (exact) mass is 172 g/mol. The van der Waals surface area contributed by atoms with E-state index in [1.165, 1.54) is 6.07 Å². The van der Waals surface area contributed by atoms with Crippen molar-refractivity contribution in [3.63, 3.8) is 0 Å². The second kappa shape index (κ2) is 3.16. The molecule has 1 aromatic heterocycles. The summed E-state index contributed by atoms with van der Waals surface area (Å²) in [7, 11) is 0. The van der Waals surface area contributed by atoms with Crippen LogP contribution >= 0.6 is 11.3 Å². The van der Waals surface area contributed by atoms with Crippen molar-refractivity contribution in [3.05, 3.63) is 17.5 Å². The molecular weight excluding hydrogens is 168 g/mol. The Hall–Kier alpha value is -1.36. The number of carbonyl (C=O) groups is 2. The summed E-state index contributed by atoms with van der Waals surface area (Å²) in [5.41, 5.74) is 0. The predicted molar refractivity (Wildman–Crippen MR) is 37.6 cm³/mol. The molecule has 0 radical (unpaired) electrons. The zero-order chi connectivity index (χ0) is 8.27. The number of esters is 1. The first kappa shape index (κ1) is 7.74. The molecule has 0 aliphatic rings. The fourth-order valence-electron chi connectivity index (χ4n) is 0.457. The molecule has 0 fully saturated rings. The summed E-state index contributed by atoms with van der Waals surface area (Å²) < 4.78 is 4.40. The first-order valence-corrected chi connectivity index (χ1v) is 3.56. The van der Waals surface area contributed by atoms with Crippen LogP contribution < -0.4 is 4.74 Å². The van der Waals surface area contributed by atoms with Crippen LogP contribution in [0.2, 0.25) is 0 Å². The van der Waals surface area contributed by atoms with Gasteiger partial charge in [-0.1, -0.05) is 0 Å². The molecule has 0 saturated carbocycles. The standard InChI is InChI=1S/C6H4O4S/c7-5(8)6(9)10-4-2-1-3-11-4/h1-3H,(H,7,8). The summed E-state index contributed by atoms with van der Waals surface area (Å²) in [5.74, 6) is -2.84. The second-order valence-corrected chi connectivity index (χ2v) is 2.54. The van der Waals surface area contributed by atoms with Crippen LogP contribution in [0.4, 0.5) is 0 Å². The van der Waals surface area contributed by atoms with Crippen molar-refractivity contribution in [2.75, 3.05) is 0 Å². The molecule has 1 N–H and O–H groups in total. The maximum absolute atomic E-state index is 10.4. The van der Waals surface area contributed by atoms with E-state index in [9.17, 15) is 9.59 Å². The van der Waals surface area contributed by atoms with Gasteiger partial charge in [0, 0.05) is 0 Å². The highest BCUT2D eigenvalue weighted by atomic mass is 32.1. The van der Waals surface area contributed by atoms with Gasteiger partial charge in [0.15, 0.2) is 5.06 Å². The number of carboxylic acid groups (broad SMARTS) is 1. The second-order valence-electron chi connectivity index (χ2n) is 1.63. The molecule has 0 aromatic carbocycles. The van der Waals surface area contributed by atoms with Crippen LogP contribution in [-0.2, 0) is 9.59 Å². The van der Waals surface area contributed by atoms with Crippen molar-refractivity contribution < 1.29 is 19.4 Å².